The highest BCUT2D eigenvalue weighted by atomic mass is 32.2. The molecule has 2 aromatic rings. The number of para-hydroxylation sites is 1. The van der Waals surface area contributed by atoms with E-state index in [4.69, 9.17) is 0 Å². The molecule has 2 amide bonds. The van der Waals surface area contributed by atoms with E-state index in [0.717, 1.165) is 36.9 Å². The number of hydrogen-bond acceptors (Lipinski definition) is 4. The van der Waals surface area contributed by atoms with Gasteiger partial charge in [-0.2, -0.15) is 4.31 Å². The van der Waals surface area contributed by atoms with E-state index in [1.165, 1.54) is 16.4 Å². The quantitative estimate of drug-likeness (QED) is 0.723. The Kier molecular flexibility index (Phi) is 6.62. The average Bonchev–Trinajstić information content (AvgIpc) is 3.21. The summed E-state index contributed by atoms with van der Waals surface area (Å²) >= 11 is 0. The smallest absolute Gasteiger partial charge is 0.243 e. The Morgan fingerprint density at radius 1 is 1.03 bits per heavy atom. The molecule has 170 valence electrons. The summed E-state index contributed by atoms with van der Waals surface area (Å²) < 4.78 is 27.1. The van der Waals surface area contributed by atoms with Gasteiger partial charge in [0.2, 0.25) is 21.8 Å². The van der Waals surface area contributed by atoms with E-state index in [9.17, 15) is 18.0 Å². The molecule has 0 aromatic heterocycles. The first-order chi connectivity index (χ1) is 15.4. The summed E-state index contributed by atoms with van der Waals surface area (Å²) in [5.74, 6) is -0.750. The third-order valence-corrected chi connectivity index (χ3v) is 8.15. The fourth-order valence-electron chi connectivity index (χ4n) is 4.40. The minimum Gasteiger partial charge on any atom is -0.326 e. The Labute approximate surface area is 189 Å². The highest BCUT2D eigenvalue weighted by Crippen LogP contribution is 2.29. The molecule has 1 atom stereocenters. The van der Waals surface area contributed by atoms with E-state index < -0.39 is 15.9 Å². The van der Waals surface area contributed by atoms with Gasteiger partial charge in [-0.1, -0.05) is 31.5 Å². The average molecular weight is 456 g/mol. The first-order valence-corrected chi connectivity index (χ1v) is 12.6. The van der Waals surface area contributed by atoms with E-state index in [1.807, 2.05) is 31.2 Å². The summed E-state index contributed by atoms with van der Waals surface area (Å²) in [6.45, 7) is 3.48. The molecule has 2 aliphatic heterocycles. The van der Waals surface area contributed by atoms with Crippen LogP contribution in [0.25, 0.3) is 0 Å². The number of nitrogens with one attached hydrogen (secondary N) is 1. The summed E-state index contributed by atoms with van der Waals surface area (Å²) in [7, 11) is -3.51. The highest BCUT2D eigenvalue weighted by Gasteiger charge is 2.36. The summed E-state index contributed by atoms with van der Waals surface area (Å²) in [6.07, 6.45) is 3.79. The summed E-state index contributed by atoms with van der Waals surface area (Å²) in [6, 6.07) is 14.0. The molecule has 0 radical (unpaired) electrons. The summed E-state index contributed by atoms with van der Waals surface area (Å²) in [5, 5.41) is 2.84. The van der Waals surface area contributed by atoms with Gasteiger partial charge in [0.05, 0.1) is 10.8 Å². The van der Waals surface area contributed by atoms with Crippen LogP contribution in [0.2, 0.25) is 0 Å². The van der Waals surface area contributed by atoms with Crippen LogP contribution < -0.4 is 10.2 Å². The van der Waals surface area contributed by atoms with Crippen molar-refractivity contribution in [2.45, 2.75) is 43.9 Å². The van der Waals surface area contributed by atoms with Gasteiger partial charge in [0.1, 0.15) is 0 Å². The zero-order valence-corrected chi connectivity index (χ0v) is 19.1. The summed E-state index contributed by atoms with van der Waals surface area (Å²) in [4.78, 5) is 27.3. The van der Waals surface area contributed by atoms with Crippen LogP contribution >= 0.6 is 0 Å². The molecule has 0 bridgehead atoms. The Balaban J connectivity index is 1.41. The monoisotopic (exact) mass is 455 g/mol. The lowest BCUT2D eigenvalue weighted by atomic mass is 10.1. The first kappa shape index (κ1) is 22.5. The zero-order chi connectivity index (χ0) is 22.7. The van der Waals surface area contributed by atoms with Crippen molar-refractivity contribution in [3.63, 3.8) is 0 Å². The van der Waals surface area contributed by atoms with Gasteiger partial charge in [0.25, 0.3) is 0 Å². The van der Waals surface area contributed by atoms with Crippen LogP contribution in [0.4, 0.5) is 11.4 Å². The lowest BCUT2D eigenvalue weighted by molar-refractivity contribution is -0.122. The molecule has 2 heterocycles. The van der Waals surface area contributed by atoms with Crippen molar-refractivity contribution in [1.29, 1.82) is 0 Å². The maximum atomic E-state index is 12.8. The Morgan fingerprint density at radius 3 is 2.41 bits per heavy atom. The molecule has 2 saturated heterocycles. The molecule has 8 heteroatoms. The van der Waals surface area contributed by atoms with Crippen molar-refractivity contribution in [2.24, 2.45) is 5.92 Å². The summed E-state index contributed by atoms with van der Waals surface area (Å²) in [5.41, 5.74) is 2.46. The van der Waals surface area contributed by atoms with Gasteiger partial charge in [-0.3, -0.25) is 9.59 Å². The fourth-order valence-corrected chi connectivity index (χ4v) is 5.92. The fraction of sp³-hybridized carbons (Fsp3) is 0.417. The second-order valence-electron chi connectivity index (χ2n) is 8.37. The molecule has 1 unspecified atom stereocenters. The molecular weight excluding hydrogens is 426 g/mol. The Hall–Kier alpha value is -2.71. The third kappa shape index (κ3) is 4.56. The Bertz CT molecular complexity index is 1090. The number of carbonyl (C=O) groups is 2. The molecule has 0 aliphatic carbocycles. The second-order valence-corrected chi connectivity index (χ2v) is 10.3. The number of rotatable bonds is 6. The highest BCUT2D eigenvalue weighted by molar-refractivity contribution is 7.89. The molecule has 2 aliphatic rings. The van der Waals surface area contributed by atoms with Crippen LogP contribution in [0.3, 0.4) is 0 Å². The maximum Gasteiger partial charge on any atom is 0.243 e. The Morgan fingerprint density at radius 2 is 1.72 bits per heavy atom. The normalized spacial score (nSPS) is 19.8. The minimum atomic E-state index is -3.51. The number of sulfonamides is 1. The van der Waals surface area contributed by atoms with Gasteiger partial charge in [-0.15, -0.1) is 0 Å². The number of hydrogen-bond donors (Lipinski definition) is 1. The number of nitrogens with zero attached hydrogens (tertiary/aromatic N) is 2. The molecule has 32 heavy (non-hydrogen) atoms. The minimum absolute atomic E-state index is 0.0611. The van der Waals surface area contributed by atoms with E-state index in [1.54, 1.807) is 17.0 Å². The van der Waals surface area contributed by atoms with Crippen molar-refractivity contribution in [3.05, 3.63) is 54.1 Å². The molecule has 2 fully saturated rings. The van der Waals surface area contributed by atoms with Crippen LogP contribution in [0.5, 0.6) is 0 Å². The van der Waals surface area contributed by atoms with Gasteiger partial charge in [0, 0.05) is 37.4 Å². The van der Waals surface area contributed by atoms with Crippen LogP contribution in [-0.2, 0) is 26.0 Å². The van der Waals surface area contributed by atoms with Crippen LogP contribution in [0.1, 0.15) is 38.2 Å². The zero-order valence-electron chi connectivity index (χ0n) is 18.3. The number of anilines is 2. The largest absolute Gasteiger partial charge is 0.326 e. The lowest BCUT2D eigenvalue weighted by Crippen LogP contribution is -2.35. The van der Waals surface area contributed by atoms with Gasteiger partial charge >= 0.3 is 0 Å². The number of aryl methyl sites for hydroxylation is 1. The number of amides is 2. The van der Waals surface area contributed by atoms with Crippen molar-refractivity contribution in [1.82, 2.24) is 4.31 Å². The van der Waals surface area contributed by atoms with Crippen molar-refractivity contribution in [3.8, 4) is 0 Å². The van der Waals surface area contributed by atoms with Gasteiger partial charge in [0.15, 0.2) is 0 Å². The van der Waals surface area contributed by atoms with Gasteiger partial charge in [-0.05, 0) is 55.2 Å². The van der Waals surface area contributed by atoms with E-state index in [2.05, 4.69) is 5.32 Å². The standard InChI is InChI=1S/C24H29N3O4S/c1-2-18-8-4-5-9-22(18)27-17-19(16-23(27)28)24(29)25-20-10-12-21(13-11-20)32(30,31)26-14-6-3-7-15-26/h4-5,8-13,19H,2-3,6-7,14-17H2,1H3,(H,25,29). The molecule has 7 nitrogen and oxygen atoms in total. The third-order valence-electron chi connectivity index (χ3n) is 6.23. The van der Waals surface area contributed by atoms with Gasteiger partial charge < -0.3 is 10.2 Å². The van der Waals surface area contributed by atoms with Crippen LogP contribution in [-0.4, -0.2) is 44.2 Å². The number of benzene rings is 2. The maximum absolute atomic E-state index is 12.8. The number of carbonyl (C=O) groups excluding carboxylic acids is 2. The SMILES string of the molecule is CCc1ccccc1N1CC(C(=O)Nc2ccc(S(=O)(=O)N3CCCCC3)cc2)CC1=O. The van der Waals surface area contributed by atoms with E-state index in [-0.39, 0.29) is 23.1 Å². The topological polar surface area (TPSA) is 86.8 Å². The van der Waals surface area contributed by atoms with E-state index in [0.29, 0.717) is 25.3 Å². The van der Waals surface area contributed by atoms with Crippen LogP contribution in [0.15, 0.2) is 53.4 Å². The van der Waals surface area contributed by atoms with Crippen molar-refractivity contribution in [2.75, 3.05) is 29.9 Å². The number of piperidine rings is 1. The van der Waals surface area contributed by atoms with Gasteiger partial charge in [-0.25, -0.2) is 8.42 Å². The molecule has 2 aromatic carbocycles. The molecule has 4 rings (SSSR count). The molecule has 0 saturated carbocycles. The predicted octanol–water partition coefficient (Wildman–Crippen LogP) is 3.42. The van der Waals surface area contributed by atoms with Crippen LogP contribution in [0, 0.1) is 5.92 Å². The molecule has 1 N–H and O–H groups in total. The molecular formula is C24H29N3O4S. The van der Waals surface area contributed by atoms with Crippen molar-refractivity contribution >= 4 is 33.2 Å². The first-order valence-electron chi connectivity index (χ1n) is 11.2. The predicted molar refractivity (Wildman–Crippen MR) is 124 cm³/mol. The lowest BCUT2D eigenvalue weighted by Gasteiger charge is -2.25. The second kappa shape index (κ2) is 9.42. The molecule has 0 spiro atoms. The van der Waals surface area contributed by atoms with E-state index >= 15 is 0 Å². The van der Waals surface area contributed by atoms with Crippen molar-refractivity contribution < 1.29 is 18.0 Å².